The van der Waals surface area contributed by atoms with Crippen LogP contribution in [0.1, 0.15) is 18.7 Å². The van der Waals surface area contributed by atoms with Gasteiger partial charge < -0.3 is 4.90 Å². The number of tetrazole rings is 1. The Morgan fingerprint density at radius 1 is 1.36 bits per heavy atom. The predicted molar refractivity (Wildman–Crippen MR) is 82.2 cm³/mol. The molecule has 2 aliphatic heterocycles. The van der Waals surface area contributed by atoms with E-state index < -0.39 is 46.9 Å². The number of carbonyl (C=O) groups excluding carboxylic acids is 3. The fraction of sp³-hybridized carbons (Fsp3) is 0.545. The van der Waals surface area contributed by atoms with Gasteiger partial charge in [-0.05, 0) is 23.3 Å². The zero-order valence-corrected chi connectivity index (χ0v) is 14.7. The van der Waals surface area contributed by atoms with Crippen LogP contribution in [0.5, 0.6) is 0 Å². The molecule has 0 aliphatic carbocycles. The molecule has 0 spiro atoms. The lowest BCUT2D eigenvalue weighted by Gasteiger charge is -2.29. The number of fused-ring (bicyclic) bond motifs is 2. The van der Waals surface area contributed by atoms with Crippen molar-refractivity contribution >= 4 is 28.2 Å². The Labute approximate surface area is 156 Å². The first kappa shape index (κ1) is 19.4. The average Bonchev–Trinajstić information content (AvgIpc) is 3.17. The van der Waals surface area contributed by atoms with Crippen molar-refractivity contribution in [1.82, 2.24) is 41.0 Å². The number of aromatic nitrogens is 4. The van der Waals surface area contributed by atoms with Crippen LogP contribution in [0.25, 0.3) is 0 Å². The normalized spacial score (nSPS) is 21.4. The lowest BCUT2D eigenvalue weighted by Crippen LogP contribution is -2.54. The van der Waals surface area contributed by atoms with Gasteiger partial charge in [0.2, 0.25) is 0 Å². The highest BCUT2D eigenvalue weighted by atomic mass is 32.3. The number of hydrogen-bond donors (Lipinski definition) is 3. The first-order chi connectivity index (χ1) is 13.2. The number of hydroxylamine groups is 2. The summed E-state index contributed by atoms with van der Waals surface area (Å²) in [5, 5.41) is 19.3. The molecule has 150 valence electrons. The quantitative estimate of drug-likeness (QED) is 0.320. The fourth-order valence-electron chi connectivity index (χ4n) is 2.89. The predicted octanol–water partition coefficient (Wildman–Crippen LogP) is -3.30. The maximum atomic E-state index is 12.3. The Bertz CT molecular complexity index is 954. The Morgan fingerprint density at radius 3 is 2.79 bits per heavy atom. The average molecular weight is 415 g/mol. The van der Waals surface area contributed by atoms with E-state index in [1.54, 1.807) is 6.07 Å². The highest BCUT2D eigenvalue weighted by Gasteiger charge is 2.49. The monoisotopic (exact) mass is 415 g/mol. The van der Waals surface area contributed by atoms with Gasteiger partial charge in [-0.3, -0.25) is 25.0 Å². The molecule has 2 saturated heterocycles. The molecule has 2 atom stereocenters. The molecule has 0 unspecified atom stereocenters. The van der Waals surface area contributed by atoms with Gasteiger partial charge >= 0.3 is 16.4 Å². The Morgan fingerprint density at radius 2 is 2.11 bits per heavy atom. The smallest absolute Gasteiger partial charge is 0.309 e. The molecule has 0 aromatic carbocycles. The Hall–Kier alpha value is -3.36. The largest absolute Gasteiger partial charge is 0.418 e. The fourth-order valence-corrected chi connectivity index (χ4v) is 3.27. The van der Waals surface area contributed by atoms with Gasteiger partial charge in [-0.2, -0.15) is 18.7 Å². The van der Waals surface area contributed by atoms with Crippen molar-refractivity contribution in [2.45, 2.75) is 31.5 Å². The number of nitrogens with zero attached hydrogens (tertiary/aromatic N) is 7. The van der Waals surface area contributed by atoms with E-state index in [2.05, 4.69) is 30.7 Å². The topological polar surface area (TPSA) is 213 Å². The van der Waals surface area contributed by atoms with Gasteiger partial charge in [-0.15, -0.1) is 4.28 Å². The van der Waals surface area contributed by atoms with Crippen LogP contribution in [-0.4, -0.2) is 79.6 Å². The van der Waals surface area contributed by atoms with Crippen LogP contribution in [0.3, 0.4) is 0 Å². The van der Waals surface area contributed by atoms with E-state index in [1.807, 2.05) is 0 Å². The van der Waals surface area contributed by atoms with Gasteiger partial charge in [0.1, 0.15) is 18.7 Å². The summed E-state index contributed by atoms with van der Waals surface area (Å²) in [4.78, 5) is 37.4. The lowest BCUT2D eigenvalue weighted by atomic mass is 10.0. The van der Waals surface area contributed by atoms with E-state index in [4.69, 9.17) is 9.81 Å². The number of hydrogen-bond acceptors (Lipinski definition) is 10. The third kappa shape index (κ3) is 3.98. The highest BCUT2D eigenvalue weighted by Crippen LogP contribution is 2.30. The molecular formula is C11H13N9O7S. The second-order valence-corrected chi connectivity index (χ2v) is 6.82. The van der Waals surface area contributed by atoms with Gasteiger partial charge in [0, 0.05) is 6.54 Å². The summed E-state index contributed by atoms with van der Waals surface area (Å²) in [5.74, 6) is -1.64. The molecule has 2 aliphatic rings. The number of rotatable bonds is 5. The van der Waals surface area contributed by atoms with Crippen molar-refractivity contribution in [3.05, 3.63) is 5.82 Å². The van der Waals surface area contributed by atoms with Crippen LogP contribution < -0.4 is 10.9 Å². The third-order valence-electron chi connectivity index (χ3n) is 4.05. The van der Waals surface area contributed by atoms with Gasteiger partial charge in [0.05, 0.1) is 6.04 Å². The molecule has 3 N–H and O–H groups in total. The summed E-state index contributed by atoms with van der Waals surface area (Å²) in [5.41, 5.74) is 4.25. The van der Waals surface area contributed by atoms with Crippen LogP contribution in [0.4, 0.5) is 4.79 Å². The van der Waals surface area contributed by atoms with Crippen molar-refractivity contribution in [2.75, 3.05) is 6.54 Å². The molecule has 3 rings (SSSR count). The molecular weight excluding hydrogens is 402 g/mol. The number of hydrazine groups is 1. The number of piperidine rings is 1. The first-order valence-corrected chi connectivity index (χ1v) is 9.08. The maximum absolute atomic E-state index is 12.3. The first-order valence-electron chi connectivity index (χ1n) is 7.71. The molecule has 17 heteroatoms. The number of urea groups is 1. The number of amides is 4. The van der Waals surface area contributed by atoms with Crippen LogP contribution >= 0.6 is 0 Å². The van der Waals surface area contributed by atoms with Crippen LogP contribution in [0.15, 0.2) is 0 Å². The molecule has 0 radical (unpaired) electrons. The number of carbonyl (C=O) groups is 3. The summed E-state index contributed by atoms with van der Waals surface area (Å²) >= 11 is 0. The lowest BCUT2D eigenvalue weighted by molar-refractivity contribution is -0.132. The van der Waals surface area contributed by atoms with Gasteiger partial charge in [0.15, 0.2) is 0 Å². The minimum Gasteiger partial charge on any atom is -0.309 e. The summed E-state index contributed by atoms with van der Waals surface area (Å²) in [6.45, 7) is -0.419. The summed E-state index contributed by atoms with van der Waals surface area (Å²) in [7, 11) is -4.89. The standard InChI is InChI=1S/C11H13N9O7S/c12-3-8-13-16-17-19(8)5-9(21)14-15-10(22)7-2-1-6-4-18(7)11(23)20(6)27-28(24,25)26/h6-7H,1-2,4-5H2,(H,14,21)(H,15,22)(H,24,25,26)/t6-,7+/m1/s1. The van der Waals surface area contributed by atoms with Crippen LogP contribution in [-0.2, 0) is 30.8 Å². The highest BCUT2D eigenvalue weighted by molar-refractivity contribution is 7.80. The summed E-state index contributed by atoms with van der Waals surface area (Å²) < 4.78 is 35.6. The maximum Gasteiger partial charge on any atom is 0.418 e. The van der Waals surface area contributed by atoms with Gasteiger partial charge in [0.25, 0.3) is 17.6 Å². The van der Waals surface area contributed by atoms with E-state index in [0.29, 0.717) is 5.06 Å². The molecule has 1 aromatic rings. The van der Waals surface area contributed by atoms with E-state index >= 15 is 0 Å². The molecule has 1 aromatic heterocycles. The van der Waals surface area contributed by atoms with Crippen LogP contribution in [0, 0.1) is 11.3 Å². The minimum atomic E-state index is -4.89. The van der Waals surface area contributed by atoms with Crippen molar-refractivity contribution in [1.29, 1.82) is 5.26 Å². The zero-order chi connectivity index (χ0) is 20.5. The van der Waals surface area contributed by atoms with Crippen molar-refractivity contribution in [2.24, 2.45) is 0 Å². The van der Waals surface area contributed by atoms with E-state index in [-0.39, 0.29) is 25.2 Å². The molecule has 28 heavy (non-hydrogen) atoms. The van der Waals surface area contributed by atoms with Crippen molar-refractivity contribution in [3.63, 3.8) is 0 Å². The number of nitriles is 1. The van der Waals surface area contributed by atoms with Crippen molar-refractivity contribution in [3.8, 4) is 6.07 Å². The SMILES string of the molecule is N#Cc1nnnn1CC(=O)NNC(=O)[C@@H]1CC[C@@H]2CN1C(=O)N2OS(=O)(=O)O. The van der Waals surface area contributed by atoms with Crippen LogP contribution in [0.2, 0.25) is 0 Å². The zero-order valence-electron chi connectivity index (χ0n) is 13.9. The van der Waals surface area contributed by atoms with E-state index in [0.717, 1.165) is 9.58 Å². The second-order valence-electron chi connectivity index (χ2n) is 5.82. The number of nitrogens with one attached hydrogen (secondary N) is 2. The van der Waals surface area contributed by atoms with E-state index in [9.17, 15) is 22.8 Å². The Balaban J connectivity index is 1.56. The molecule has 2 bridgehead atoms. The summed E-state index contributed by atoms with van der Waals surface area (Å²) in [6, 6.07) is -0.851. The molecule has 16 nitrogen and oxygen atoms in total. The molecule has 4 amide bonds. The molecule has 0 saturated carbocycles. The minimum absolute atomic E-state index is 0.0105. The van der Waals surface area contributed by atoms with E-state index in [1.165, 1.54) is 0 Å². The third-order valence-corrected chi connectivity index (χ3v) is 4.40. The Kier molecular flexibility index (Phi) is 5.08. The van der Waals surface area contributed by atoms with Gasteiger partial charge in [-0.1, -0.05) is 5.10 Å². The van der Waals surface area contributed by atoms with Gasteiger partial charge in [-0.25, -0.2) is 9.48 Å². The molecule has 2 fully saturated rings. The molecule has 3 heterocycles. The summed E-state index contributed by atoms with van der Waals surface area (Å²) in [6.07, 6.45) is 0.412. The van der Waals surface area contributed by atoms with Crippen molar-refractivity contribution < 1.29 is 31.6 Å². The second kappa shape index (κ2) is 7.34.